The Hall–Kier alpha value is -0.450. The van der Waals surface area contributed by atoms with Crippen LogP contribution in [0.15, 0.2) is 5.38 Å². The van der Waals surface area contributed by atoms with Crippen LogP contribution in [-0.2, 0) is 4.74 Å². The van der Waals surface area contributed by atoms with E-state index in [1.807, 2.05) is 0 Å². The van der Waals surface area contributed by atoms with E-state index in [2.05, 4.69) is 43.4 Å². The molecule has 1 N–H and O–H groups in total. The highest BCUT2D eigenvalue weighted by atomic mass is 32.1. The SMILES string of the molecule is Cc1csc(C(C)NC2C3CCOC3C2(C)C)n1. The van der Waals surface area contributed by atoms with E-state index in [1.165, 1.54) is 11.4 Å². The zero-order chi connectivity index (χ0) is 12.9. The minimum absolute atomic E-state index is 0.252. The Morgan fingerprint density at radius 3 is 3.00 bits per heavy atom. The maximum Gasteiger partial charge on any atom is 0.110 e. The van der Waals surface area contributed by atoms with E-state index in [9.17, 15) is 0 Å². The molecule has 1 saturated heterocycles. The van der Waals surface area contributed by atoms with E-state index < -0.39 is 0 Å². The second kappa shape index (κ2) is 4.29. The molecule has 4 unspecified atom stereocenters. The Morgan fingerprint density at radius 1 is 1.56 bits per heavy atom. The Bertz CT molecular complexity index is 443. The van der Waals surface area contributed by atoms with Gasteiger partial charge in [-0.2, -0.15) is 0 Å². The molecule has 18 heavy (non-hydrogen) atoms. The summed E-state index contributed by atoms with van der Waals surface area (Å²) in [6, 6.07) is 0.902. The molecule has 100 valence electrons. The quantitative estimate of drug-likeness (QED) is 0.913. The molecule has 1 aromatic rings. The smallest absolute Gasteiger partial charge is 0.110 e. The normalized spacial score (nSPS) is 35.0. The first kappa shape index (κ1) is 12.6. The third-order valence-electron chi connectivity index (χ3n) is 4.54. The molecule has 0 amide bonds. The van der Waals surface area contributed by atoms with E-state index in [0.29, 0.717) is 24.1 Å². The average molecular weight is 266 g/mol. The molecule has 0 aromatic carbocycles. The fourth-order valence-electron chi connectivity index (χ4n) is 3.57. The van der Waals surface area contributed by atoms with Gasteiger partial charge in [0, 0.05) is 35.1 Å². The molecule has 2 fully saturated rings. The van der Waals surface area contributed by atoms with Crippen LogP contribution in [0.2, 0.25) is 0 Å². The fourth-order valence-corrected chi connectivity index (χ4v) is 4.39. The predicted octanol–water partition coefficient (Wildman–Crippen LogP) is 2.92. The molecule has 1 aliphatic carbocycles. The Kier molecular flexibility index (Phi) is 3.00. The van der Waals surface area contributed by atoms with Crippen LogP contribution in [0, 0.1) is 18.3 Å². The first-order valence-corrected chi connectivity index (χ1v) is 7.68. The van der Waals surface area contributed by atoms with E-state index in [-0.39, 0.29) is 5.41 Å². The van der Waals surface area contributed by atoms with E-state index in [1.54, 1.807) is 11.3 Å². The summed E-state index contributed by atoms with van der Waals surface area (Å²) in [6.07, 6.45) is 1.66. The van der Waals surface area contributed by atoms with Gasteiger partial charge in [-0.25, -0.2) is 4.98 Å². The lowest BCUT2D eigenvalue weighted by molar-refractivity contribution is -0.115. The summed E-state index contributed by atoms with van der Waals surface area (Å²) in [6.45, 7) is 9.84. The second-order valence-corrected chi connectivity index (χ2v) is 7.15. The molecular formula is C14H22N2OS. The summed E-state index contributed by atoms with van der Waals surface area (Å²) in [5.41, 5.74) is 1.38. The van der Waals surface area contributed by atoms with Crippen molar-refractivity contribution < 1.29 is 4.74 Å². The lowest BCUT2D eigenvalue weighted by Gasteiger charge is -2.55. The number of ether oxygens (including phenoxy) is 1. The summed E-state index contributed by atoms with van der Waals surface area (Å²) in [5.74, 6) is 0.698. The first-order chi connectivity index (χ1) is 8.50. The third-order valence-corrected chi connectivity index (χ3v) is 5.68. The maximum absolute atomic E-state index is 5.84. The van der Waals surface area contributed by atoms with Gasteiger partial charge in [-0.15, -0.1) is 11.3 Å². The van der Waals surface area contributed by atoms with Crippen LogP contribution in [-0.4, -0.2) is 23.7 Å². The molecular weight excluding hydrogens is 244 g/mol. The zero-order valence-electron chi connectivity index (χ0n) is 11.6. The fraction of sp³-hybridized carbons (Fsp3) is 0.786. The Balaban J connectivity index is 1.69. The van der Waals surface area contributed by atoms with Crippen molar-refractivity contribution in [2.24, 2.45) is 11.3 Å². The molecule has 2 heterocycles. The Morgan fingerprint density at radius 2 is 2.33 bits per heavy atom. The van der Waals surface area contributed by atoms with E-state index >= 15 is 0 Å². The third kappa shape index (κ3) is 1.82. The Labute approximate surface area is 113 Å². The summed E-state index contributed by atoms with van der Waals surface area (Å²) in [7, 11) is 0. The van der Waals surface area contributed by atoms with Crippen LogP contribution in [0.5, 0.6) is 0 Å². The number of rotatable bonds is 3. The molecule has 4 heteroatoms. The standard InChI is InChI=1S/C14H22N2OS/c1-8-7-18-13(15-8)9(2)16-11-10-5-6-17-12(10)14(11,3)4/h7,9-12,16H,5-6H2,1-4H3. The van der Waals surface area contributed by atoms with E-state index in [4.69, 9.17) is 4.74 Å². The minimum atomic E-state index is 0.252. The van der Waals surface area contributed by atoms with Crippen molar-refractivity contribution in [3.8, 4) is 0 Å². The van der Waals surface area contributed by atoms with Crippen LogP contribution in [0.1, 0.15) is 43.9 Å². The van der Waals surface area contributed by atoms with Crippen molar-refractivity contribution in [3.63, 3.8) is 0 Å². The summed E-state index contributed by atoms with van der Waals surface area (Å²) in [5, 5.41) is 7.10. The van der Waals surface area contributed by atoms with Crippen molar-refractivity contribution in [2.75, 3.05) is 6.61 Å². The molecule has 3 nitrogen and oxygen atoms in total. The number of hydrogen-bond acceptors (Lipinski definition) is 4. The van der Waals surface area contributed by atoms with Crippen LogP contribution in [0.25, 0.3) is 0 Å². The van der Waals surface area contributed by atoms with Crippen LogP contribution in [0.3, 0.4) is 0 Å². The average Bonchev–Trinajstić information content (AvgIpc) is 2.92. The van der Waals surface area contributed by atoms with Crippen LogP contribution < -0.4 is 5.32 Å². The van der Waals surface area contributed by atoms with Gasteiger partial charge in [-0.3, -0.25) is 0 Å². The van der Waals surface area contributed by atoms with Crippen molar-refractivity contribution in [3.05, 3.63) is 16.1 Å². The summed E-state index contributed by atoms with van der Waals surface area (Å²) in [4.78, 5) is 4.58. The molecule has 0 spiro atoms. The molecule has 3 rings (SSSR count). The minimum Gasteiger partial charge on any atom is -0.377 e. The predicted molar refractivity (Wildman–Crippen MR) is 73.8 cm³/mol. The van der Waals surface area contributed by atoms with Crippen LogP contribution >= 0.6 is 11.3 Å². The van der Waals surface area contributed by atoms with Crippen molar-refractivity contribution in [1.82, 2.24) is 10.3 Å². The van der Waals surface area contributed by atoms with Gasteiger partial charge in [0.1, 0.15) is 5.01 Å². The number of aryl methyl sites for hydroxylation is 1. The van der Waals surface area contributed by atoms with E-state index in [0.717, 1.165) is 12.3 Å². The topological polar surface area (TPSA) is 34.1 Å². The molecule has 1 saturated carbocycles. The van der Waals surface area contributed by atoms with Gasteiger partial charge in [0.05, 0.1) is 12.1 Å². The number of hydrogen-bond donors (Lipinski definition) is 1. The number of thiazole rings is 1. The number of nitrogens with one attached hydrogen (secondary N) is 1. The molecule has 0 radical (unpaired) electrons. The monoisotopic (exact) mass is 266 g/mol. The lowest BCUT2D eigenvalue weighted by Crippen LogP contribution is -2.66. The van der Waals surface area contributed by atoms with Crippen molar-refractivity contribution in [1.29, 1.82) is 0 Å². The number of nitrogens with zero attached hydrogens (tertiary/aromatic N) is 1. The van der Waals surface area contributed by atoms with Gasteiger partial charge in [0.25, 0.3) is 0 Å². The molecule has 1 aliphatic heterocycles. The highest BCUT2D eigenvalue weighted by molar-refractivity contribution is 7.09. The summed E-state index contributed by atoms with van der Waals surface area (Å²) >= 11 is 1.75. The highest BCUT2D eigenvalue weighted by Crippen LogP contribution is 2.52. The van der Waals surface area contributed by atoms with Gasteiger partial charge < -0.3 is 10.1 Å². The maximum atomic E-state index is 5.84. The number of fused-ring (bicyclic) bond motifs is 1. The largest absolute Gasteiger partial charge is 0.377 e. The molecule has 2 aliphatic rings. The molecule has 1 aromatic heterocycles. The van der Waals surface area contributed by atoms with Gasteiger partial charge >= 0.3 is 0 Å². The first-order valence-electron chi connectivity index (χ1n) is 6.80. The number of aromatic nitrogens is 1. The van der Waals surface area contributed by atoms with Crippen molar-refractivity contribution >= 4 is 11.3 Å². The van der Waals surface area contributed by atoms with Crippen LogP contribution in [0.4, 0.5) is 0 Å². The summed E-state index contributed by atoms with van der Waals surface area (Å²) < 4.78 is 5.84. The van der Waals surface area contributed by atoms with Gasteiger partial charge in [0.2, 0.25) is 0 Å². The molecule has 4 atom stereocenters. The zero-order valence-corrected chi connectivity index (χ0v) is 12.4. The highest BCUT2D eigenvalue weighted by Gasteiger charge is 2.59. The second-order valence-electron chi connectivity index (χ2n) is 6.26. The van der Waals surface area contributed by atoms with Gasteiger partial charge in [-0.05, 0) is 20.3 Å². The lowest BCUT2D eigenvalue weighted by atomic mass is 9.57. The van der Waals surface area contributed by atoms with Gasteiger partial charge in [-0.1, -0.05) is 13.8 Å². The van der Waals surface area contributed by atoms with Crippen molar-refractivity contribution in [2.45, 2.75) is 52.3 Å². The molecule has 0 bridgehead atoms. The van der Waals surface area contributed by atoms with Gasteiger partial charge in [0.15, 0.2) is 0 Å².